The van der Waals surface area contributed by atoms with E-state index >= 15 is 0 Å². The van der Waals surface area contributed by atoms with Crippen molar-refractivity contribution in [2.24, 2.45) is 0 Å². The molecule has 34 heavy (non-hydrogen) atoms. The zero-order chi connectivity index (χ0) is 24.1. The molecule has 0 radical (unpaired) electrons. The second-order valence-corrected chi connectivity index (χ2v) is 8.63. The molecule has 0 bridgehead atoms. The fourth-order valence-electron chi connectivity index (χ4n) is 3.82. The van der Waals surface area contributed by atoms with Gasteiger partial charge in [-0.25, -0.2) is 0 Å². The van der Waals surface area contributed by atoms with Gasteiger partial charge in [0.25, 0.3) is 0 Å². The molecule has 7 heteroatoms. The third-order valence-electron chi connectivity index (χ3n) is 5.74. The van der Waals surface area contributed by atoms with Crippen molar-refractivity contribution in [3.63, 3.8) is 0 Å². The molecular weight excluding hydrogens is 450 g/mol. The van der Waals surface area contributed by atoms with Gasteiger partial charge in [0.05, 0.1) is 23.7 Å². The monoisotopic (exact) mass is 475 g/mol. The highest BCUT2D eigenvalue weighted by molar-refractivity contribution is 6.30. The third-order valence-corrected chi connectivity index (χ3v) is 5.98. The minimum atomic E-state index is -0.301. The predicted molar refractivity (Wildman–Crippen MR) is 131 cm³/mol. The first-order valence-corrected chi connectivity index (χ1v) is 11.4. The molecule has 1 unspecified atom stereocenters. The molecule has 1 N–H and O–H groups in total. The van der Waals surface area contributed by atoms with Gasteiger partial charge in [0.15, 0.2) is 0 Å². The molecule has 1 amide bonds. The number of carbonyl (C=O) groups excluding carboxylic acids is 1. The van der Waals surface area contributed by atoms with Gasteiger partial charge >= 0.3 is 0 Å². The molecule has 4 aromatic rings. The fourth-order valence-corrected chi connectivity index (χ4v) is 4.05. The largest absolute Gasteiger partial charge is 0.489 e. The van der Waals surface area contributed by atoms with Crippen LogP contribution in [0.5, 0.6) is 5.75 Å². The van der Waals surface area contributed by atoms with Crippen LogP contribution in [-0.2, 0) is 17.8 Å². The van der Waals surface area contributed by atoms with Crippen LogP contribution in [0.4, 0.5) is 0 Å². The first kappa shape index (κ1) is 23.5. The quantitative estimate of drug-likeness (QED) is 0.355. The molecular formula is C27H26ClN3O3. The van der Waals surface area contributed by atoms with Crippen LogP contribution in [0.25, 0.3) is 0 Å². The van der Waals surface area contributed by atoms with Crippen molar-refractivity contribution in [1.29, 1.82) is 0 Å². The lowest BCUT2D eigenvalue weighted by Crippen LogP contribution is -2.31. The number of rotatable bonds is 8. The molecule has 0 spiro atoms. The summed E-state index contributed by atoms with van der Waals surface area (Å²) >= 11 is 6.14. The van der Waals surface area contributed by atoms with Gasteiger partial charge in [-0.1, -0.05) is 35.0 Å². The number of ether oxygens (including phenoxy) is 1. The average Bonchev–Trinajstić information content (AvgIpc) is 3.15. The Balaban J connectivity index is 1.43. The van der Waals surface area contributed by atoms with Gasteiger partial charge in [0.2, 0.25) is 5.91 Å². The topological polar surface area (TPSA) is 77.2 Å². The number of hydrogen-bond donors (Lipinski definition) is 1. The molecule has 0 aliphatic heterocycles. The highest BCUT2D eigenvalue weighted by atomic mass is 35.5. The zero-order valence-electron chi connectivity index (χ0n) is 19.3. The molecule has 0 saturated heterocycles. The van der Waals surface area contributed by atoms with E-state index < -0.39 is 0 Å². The molecule has 0 aliphatic carbocycles. The van der Waals surface area contributed by atoms with Crippen molar-refractivity contribution in [3.8, 4) is 5.75 Å². The number of amides is 1. The first-order chi connectivity index (χ1) is 16.4. The predicted octanol–water partition coefficient (Wildman–Crippen LogP) is 5.68. The molecule has 2 heterocycles. The summed E-state index contributed by atoms with van der Waals surface area (Å²) in [6, 6.07) is 16.7. The lowest BCUT2D eigenvalue weighted by molar-refractivity contribution is -0.120. The summed E-state index contributed by atoms with van der Waals surface area (Å²) in [4.78, 5) is 17.1. The Morgan fingerprint density at radius 1 is 1.06 bits per heavy atom. The highest BCUT2D eigenvalue weighted by Gasteiger charge is 2.19. The second-order valence-electron chi connectivity index (χ2n) is 8.19. The van der Waals surface area contributed by atoms with Crippen LogP contribution < -0.4 is 10.1 Å². The van der Waals surface area contributed by atoms with Crippen molar-refractivity contribution in [2.45, 2.75) is 39.8 Å². The molecule has 2 aromatic carbocycles. The smallest absolute Gasteiger partial charge is 0.225 e. The van der Waals surface area contributed by atoms with Gasteiger partial charge < -0.3 is 14.6 Å². The van der Waals surface area contributed by atoms with Crippen LogP contribution >= 0.6 is 11.6 Å². The van der Waals surface area contributed by atoms with Crippen molar-refractivity contribution < 1.29 is 14.1 Å². The fraction of sp³-hybridized carbons (Fsp3) is 0.222. The zero-order valence-corrected chi connectivity index (χ0v) is 20.1. The van der Waals surface area contributed by atoms with E-state index in [1.165, 1.54) is 0 Å². The third kappa shape index (κ3) is 5.64. The molecule has 0 aliphatic rings. The van der Waals surface area contributed by atoms with E-state index in [9.17, 15) is 4.79 Å². The summed E-state index contributed by atoms with van der Waals surface area (Å²) in [7, 11) is 0. The van der Waals surface area contributed by atoms with E-state index in [2.05, 4.69) is 15.5 Å². The van der Waals surface area contributed by atoms with Crippen LogP contribution in [0.2, 0.25) is 5.02 Å². The van der Waals surface area contributed by atoms with Crippen molar-refractivity contribution in [3.05, 3.63) is 111 Å². The van der Waals surface area contributed by atoms with E-state index in [1.807, 2.05) is 75.4 Å². The Hall–Kier alpha value is -3.64. The maximum atomic E-state index is 13.0. The number of halogens is 1. The van der Waals surface area contributed by atoms with E-state index in [0.717, 1.165) is 45.0 Å². The number of benzene rings is 2. The lowest BCUT2D eigenvalue weighted by Gasteiger charge is -2.22. The van der Waals surface area contributed by atoms with Crippen LogP contribution in [-0.4, -0.2) is 16.0 Å². The molecule has 2 aromatic heterocycles. The summed E-state index contributed by atoms with van der Waals surface area (Å²) in [5.41, 5.74) is 5.62. The number of nitrogens with one attached hydrogen (secondary N) is 1. The van der Waals surface area contributed by atoms with Gasteiger partial charge in [0.1, 0.15) is 18.1 Å². The number of nitrogens with zero attached hydrogens (tertiary/aromatic N) is 2. The molecule has 4 rings (SSSR count). The second kappa shape index (κ2) is 10.5. The number of carbonyl (C=O) groups is 1. The Labute approximate surface area is 203 Å². The standard InChI is InChI=1S/C27H26ClN3O3/c1-17-14-22(28)6-9-24(17)27(21-10-12-29-13-11-21)30-26(32)15-20-4-7-23(8-5-20)33-16-25-18(2)31-34-19(25)3/h4-14,27H,15-16H2,1-3H3,(H,30,32). The lowest BCUT2D eigenvalue weighted by atomic mass is 9.95. The van der Waals surface area contributed by atoms with Crippen molar-refractivity contribution >= 4 is 17.5 Å². The number of pyridine rings is 1. The summed E-state index contributed by atoms with van der Waals surface area (Å²) in [6.07, 6.45) is 3.69. The van der Waals surface area contributed by atoms with E-state index in [0.29, 0.717) is 11.6 Å². The molecule has 174 valence electrons. The highest BCUT2D eigenvalue weighted by Crippen LogP contribution is 2.27. The maximum absolute atomic E-state index is 13.0. The molecule has 0 fully saturated rings. The normalized spacial score (nSPS) is 11.8. The number of hydrogen-bond acceptors (Lipinski definition) is 5. The molecule has 6 nitrogen and oxygen atoms in total. The van der Waals surface area contributed by atoms with Gasteiger partial charge in [-0.2, -0.15) is 0 Å². The molecule has 0 saturated carbocycles. The first-order valence-electron chi connectivity index (χ1n) is 11.0. The summed E-state index contributed by atoms with van der Waals surface area (Å²) in [5, 5.41) is 7.78. The van der Waals surface area contributed by atoms with Crippen LogP contribution in [0.1, 0.15) is 45.3 Å². The van der Waals surface area contributed by atoms with Gasteiger partial charge in [-0.15, -0.1) is 0 Å². The van der Waals surface area contributed by atoms with Gasteiger partial charge in [-0.3, -0.25) is 9.78 Å². The van der Waals surface area contributed by atoms with E-state index in [4.69, 9.17) is 20.9 Å². The van der Waals surface area contributed by atoms with E-state index in [1.54, 1.807) is 12.4 Å². The Morgan fingerprint density at radius 2 is 1.79 bits per heavy atom. The SMILES string of the molecule is Cc1cc(Cl)ccc1C(NC(=O)Cc1ccc(OCc2c(C)noc2C)cc1)c1ccncc1. The minimum absolute atomic E-state index is 0.0828. The summed E-state index contributed by atoms with van der Waals surface area (Å²) < 4.78 is 11.0. The maximum Gasteiger partial charge on any atom is 0.225 e. The van der Waals surface area contributed by atoms with Crippen LogP contribution in [0.3, 0.4) is 0 Å². The Kier molecular flexibility index (Phi) is 7.28. The molecule has 1 atom stereocenters. The Bertz CT molecular complexity index is 1250. The van der Waals surface area contributed by atoms with Gasteiger partial charge in [-0.05, 0) is 79.4 Å². The van der Waals surface area contributed by atoms with E-state index in [-0.39, 0.29) is 18.4 Å². The van der Waals surface area contributed by atoms with Crippen LogP contribution in [0.15, 0.2) is 71.5 Å². The average molecular weight is 476 g/mol. The number of aryl methyl sites for hydroxylation is 3. The minimum Gasteiger partial charge on any atom is -0.489 e. The van der Waals surface area contributed by atoms with Crippen LogP contribution in [0, 0.1) is 20.8 Å². The van der Waals surface area contributed by atoms with Crippen molar-refractivity contribution in [1.82, 2.24) is 15.5 Å². The number of aromatic nitrogens is 2. The van der Waals surface area contributed by atoms with Crippen molar-refractivity contribution in [2.75, 3.05) is 0 Å². The Morgan fingerprint density at radius 3 is 2.44 bits per heavy atom. The van der Waals surface area contributed by atoms with Gasteiger partial charge in [0, 0.05) is 17.4 Å². The summed E-state index contributed by atoms with van der Waals surface area (Å²) in [6.45, 7) is 6.13. The summed E-state index contributed by atoms with van der Waals surface area (Å²) in [5.74, 6) is 1.39.